The van der Waals surface area contributed by atoms with Gasteiger partial charge in [0.15, 0.2) is 0 Å². The van der Waals surface area contributed by atoms with E-state index in [-0.39, 0.29) is 12.5 Å². The van der Waals surface area contributed by atoms with Gasteiger partial charge in [0.2, 0.25) is 0 Å². The minimum absolute atomic E-state index is 0.183. The van der Waals surface area contributed by atoms with Gasteiger partial charge in [-0.1, -0.05) is 84.9 Å². The van der Waals surface area contributed by atoms with Crippen LogP contribution in [-0.2, 0) is 22.7 Å². The minimum atomic E-state index is -0.740. The molecule has 0 N–H and O–H groups in total. The fourth-order valence-electron chi connectivity index (χ4n) is 3.53. The van der Waals surface area contributed by atoms with Crippen LogP contribution in [-0.4, -0.2) is 23.3 Å². The maximum Gasteiger partial charge on any atom is 0.278 e. The highest BCUT2D eigenvalue weighted by Crippen LogP contribution is 2.19. The van der Waals surface area contributed by atoms with Crippen LogP contribution in [0.4, 0.5) is 0 Å². The molecule has 31 heavy (non-hydrogen) atoms. The average molecular weight is 409 g/mol. The molecule has 0 saturated carbocycles. The largest absolute Gasteiger partial charge is 0.301 e. The van der Waals surface area contributed by atoms with Crippen molar-refractivity contribution in [1.29, 1.82) is 0 Å². The summed E-state index contributed by atoms with van der Waals surface area (Å²) in [5, 5.41) is 3.45. The molecule has 0 fully saturated rings. The van der Waals surface area contributed by atoms with Crippen LogP contribution >= 0.6 is 0 Å². The molecule has 0 aliphatic carbocycles. The first-order valence-corrected chi connectivity index (χ1v) is 10.2. The van der Waals surface area contributed by atoms with Gasteiger partial charge in [-0.2, -0.15) is 0 Å². The van der Waals surface area contributed by atoms with Gasteiger partial charge in [-0.05, 0) is 40.1 Å². The predicted octanol–water partition coefficient (Wildman–Crippen LogP) is 5.22. The Kier molecular flexibility index (Phi) is 6.50. The van der Waals surface area contributed by atoms with E-state index in [1.807, 2.05) is 78.9 Å². The molecule has 0 aliphatic rings. The number of aldehydes is 1. The lowest BCUT2D eigenvalue weighted by atomic mass is 10.1. The third kappa shape index (κ3) is 5.05. The maximum atomic E-state index is 13.2. The fraction of sp³-hybridized carbons (Fsp3) is 0.111. The summed E-state index contributed by atoms with van der Waals surface area (Å²) < 4.78 is 0. The van der Waals surface area contributed by atoms with Crippen molar-refractivity contribution in [3.05, 3.63) is 120 Å². The van der Waals surface area contributed by atoms with Gasteiger partial charge in [-0.25, -0.2) is 5.06 Å². The Hall–Kier alpha value is -3.76. The van der Waals surface area contributed by atoms with Crippen molar-refractivity contribution in [2.75, 3.05) is 0 Å². The van der Waals surface area contributed by atoms with Crippen LogP contribution in [0.5, 0.6) is 0 Å². The second-order valence-corrected chi connectivity index (χ2v) is 7.35. The molecule has 0 aromatic heterocycles. The Balaban J connectivity index is 1.58. The zero-order valence-corrected chi connectivity index (χ0v) is 17.1. The quantitative estimate of drug-likeness (QED) is 0.296. The van der Waals surface area contributed by atoms with Gasteiger partial charge in [-0.15, -0.1) is 0 Å². The molecule has 0 bridgehead atoms. The molecular formula is C27H23NO3. The molecule has 1 unspecified atom stereocenters. The van der Waals surface area contributed by atoms with Crippen molar-refractivity contribution >= 4 is 23.0 Å². The summed E-state index contributed by atoms with van der Waals surface area (Å²) in [6.07, 6.45) is 1.15. The van der Waals surface area contributed by atoms with Crippen LogP contribution in [0.15, 0.2) is 103 Å². The molecular weight excluding hydrogens is 386 g/mol. The second-order valence-electron chi connectivity index (χ2n) is 7.35. The summed E-state index contributed by atoms with van der Waals surface area (Å²) in [6, 6.07) is 31.9. The number of carbonyl (C=O) groups is 2. The van der Waals surface area contributed by atoms with Crippen molar-refractivity contribution in [1.82, 2.24) is 5.06 Å². The molecule has 0 spiro atoms. The highest BCUT2D eigenvalue weighted by atomic mass is 16.7. The Bertz CT molecular complexity index is 1160. The first kappa shape index (κ1) is 20.5. The SMILES string of the molecule is O=CC(Cc1ccccc1)N(OCc1ccc2ccccc2c1)C(=O)c1ccccc1. The molecule has 4 rings (SSSR count). The Labute approximate surface area is 181 Å². The highest BCUT2D eigenvalue weighted by Gasteiger charge is 2.26. The fourth-order valence-corrected chi connectivity index (χ4v) is 3.53. The van der Waals surface area contributed by atoms with Crippen molar-refractivity contribution in [2.45, 2.75) is 19.1 Å². The minimum Gasteiger partial charge on any atom is -0.301 e. The zero-order chi connectivity index (χ0) is 21.5. The summed E-state index contributed by atoms with van der Waals surface area (Å²) in [7, 11) is 0. The maximum absolute atomic E-state index is 13.2. The van der Waals surface area contributed by atoms with Crippen molar-refractivity contribution < 1.29 is 14.4 Å². The van der Waals surface area contributed by atoms with Gasteiger partial charge in [0.05, 0.1) is 0 Å². The van der Waals surface area contributed by atoms with Crippen LogP contribution in [0.25, 0.3) is 10.8 Å². The molecule has 4 nitrogen and oxygen atoms in total. The molecule has 0 aliphatic heterocycles. The smallest absolute Gasteiger partial charge is 0.278 e. The number of benzene rings is 4. The number of rotatable bonds is 8. The second kappa shape index (κ2) is 9.83. The Morgan fingerprint density at radius 3 is 2.13 bits per heavy atom. The molecule has 4 aromatic rings. The van der Waals surface area contributed by atoms with E-state index in [0.717, 1.165) is 28.2 Å². The molecule has 0 heterocycles. The summed E-state index contributed by atoms with van der Waals surface area (Å²) >= 11 is 0. The number of fused-ring (bicyclic) bond motifs is 1. The van der Waals surface area contributed by atoms with Gasteiger partial charge < -0.3 is 4.79 Å². The zero-order valence-electron chi connectivity index (χ0n) is 17.1. The van der Waals surface area contributed by atoms with Crippen LogP contribution in [0.2, 0.25) is 0 Å². The van der Waals surface area contributed by atoms with Gasteiger partial charge in [-0.3, -0.25) is 9.63 Å². The lowest BCUT2D eigenvalue weighted by Crippen LogP contribution is -2.42. The van der Waals surface area contributed by atoms with E-state index in [1.54, 1.807) is 24.3 Å². The highest BCUT2D eigenvalue weighted by molar-refractivity contribution is 5.95. The summed E-state index contributed by atoms with van der Waals surface area (Å²) in [4.78, 5) is 31.2. The van der Waals surface area contributed by atoms with Gasteiger partial charge in [0, 0.05) is 12.0 Å². The number of nitrogens with zero attached hydrogens (tertiary/aromatic N) is 1. The topological polar surface area (TPSA) is 46.6 Å². The van der Waals surface area contributed by atoms with Crippen molar-refractivity contribution in [3.8, 4) is 0 Å². The van der Waals surface area contributed by atoms with E-state index in [1.165, 1.54) is 5.06 Å². The third-order valence-electron chi connectivity index (χ3n) is 5.15. The normalized spacial score (nSPS) is 11.7. The van der Waals surface area contributed by atoms with Gasteiger partial charge in [0.25, 0.3) is 5.91 Å². The van der Waals surface area contributed by atoms with E-state index >= 15 is 0 Å². The molecule has 0 radical (unpaired) electrons. The van der Waals surface area contributed by atoms with E-state index in [9.17, 15) is 9.59 Å². The monoisotopic (exact) mass is 409 g/mol. The lowest BCUT2D eigenvalue weighted by molar-refractivity contribution is -0.162. The average Bonchev–Trinajstić information content (AvgIpc) is 2.84. The van der Waals surface area contributed by atoms with Gasteiger partial charge >= 0.3 is 0 Å². The molecule has 0 saturated heterocycles. The number of amides is 1. The van der Waals surface area contributed by atoms with E-state index in [0.29, 0.717) is 12.0 Å². The predicted molar refractivity (Wildman–Crippen MR) is 121 cm³/mol. The third-order valence-corrected chi connectivity index (χ3v) is 5.15. The number of hydroxylamine groups is 2. The first-order chi connectivity index (χ1) is 15.2. The van der Waals surface area contributed by atoms with Gasteiger partial charge in [0.1, 0.15) is 18.9 Å². The Morgan fingerprint density at radius 1 is 0.774 bits per heavy atom. The van der Waals surface area contributed by atoms with Crippen LogP contribution in [0.1, 0.15) is 21.5 Å². The van der Waals surface area contributed by atoms with Crippen molar-refractivity contribution in [2.24, 2.45) is 0 Å². The molecule has 4 heteroatoms. The number of hydrogen-bond donors (Lipinski definition) is 0. The molecule has 4 aromatic carbocycles. The number of hydrogen-bond acceptors (Lipinski definition) is 3. The summed E-state index contributed by atoms with van der Waals surface area (Å²) in [5.41, 5.74) is 2.36. The number of carbonyl (C=O) groups excluding carboxylic acids is 2. The first-order valence-electron chi connectivity index (χ1n) is 10.2. The molecule has 1 amide bonds. The summed E-state index contributed by atoms with van der Waals surface area (Å²) in [6.45, 7) is 0.183. The van der Waals surface area contributed by atoms with Crippen LogP contribution in [0.3, 0.4) is 0 Å². The Morgan fingerprint density at radius 2 is 1.42 bits per heavy atom. The van der Waals surface area contributed by atoms with E-state index < -0.39 is 6.04 Å². The van der Waals surface area contributed by atoms with Crippen LogP contribution < -0.4 is 0 Å². The van der Waals surface area contributed by atoms with E-state index in [4.69, 9.17) is 4.84 Å². The molecule has 1 atom stereocenters. The van der Waals surface area contributed by atoms with Crippen LogP contribution in [0, 0.1) is 0 Å². The standard InChI is InChI=1S/C27H23NO3/c29-19-26(18-21-9-3-1-4-10-21)28(27(30)24-12-5-2-6-13-24)31-20-22-15-16-23-11-7-8-14-25(23)17-22/h1-17,19,26H,18,20H2. The lowest BCUT2D eigenvalue weighted by Gasteiger charge is -2.27. The molecule has 154 valence electrons. The van der Waals surface area contributed by atoms with E-state index in [2.05, 4.69) is 0 Å². The summed E-state index contributed by atoms with van der Waals surface area (Å²) in [5.74, 6) is -0.338. The van der Waals surface area contributed by atoms with Crippen molar-refractivity contribution in [3.63, 3.8) is 0 Å².